The van der Waals surface area contributed by atoms with E-state index in [4.69, 9.17) is 0 Å². The lowest BCUT2D eigenvalue weighted by atomic mass is 9.67. The molecule has 214 valence electrons. The molecule has 10 heteroatoms. The molecule has 0 radical (unpaired) electrons. The van der Waals surface area contributed by atoms with Gasteiger partial charge >= 0.3 is 0 Å². The lowest BCUT2D eigenvalue weighted by Gasteiger charge is -2.52. The summed E-state index contributed by atoms with van der Waals surface area (Å²) in [5, 5.41) is 2.99. The fourth-order valence-electron chi connectivity index (χ4n) is 6.59. The number of piperidine rings is 2. The van der Waals surface area contributed by atoms with Crippen LogP contribution in [0.2, 0.25) is 0 Å². The third kappa shape index (κ3) is 6.06. The maximum absolute atomic E-state index is 13.6. The summed E-state index contributed by atoms with van der Waals surface area (Å²) < 4.78 is 28.7. The van der Waals surface area contributed by atoms with Gasteiger partial charge in [-0.2, -0.15) is 4.31 Å². The molecule has 4 rings (SSSR count). The molecule has 0 bridgehead atoms. The summed E-state index contributed by atoms with van der Waals surface area (Å²) in [6.07, 6.45) is 4.67. The normalized spacial score (nSPS) is 22.5. The number of hydrogen-bond acceptors (Lipinski definition) is 5. The fraction of sp³-hybridized carbons (Fsp3) is 0.621. The average molecular weight is 559 g/mol. The van der Waals surface area contributed by atoms with Gasteiger partial charge in [0.15, 0.2) is 0 Å². The molecule has 0 saturated carbocycles. The monoisotopic (exact) mass is 558 g/mol. The predicted molar refractivity (Wildman–Crippen MR) is 149 cm³/mol. The molecule has 1 aromatic carbocycles. The van der Waals surface area contributed by atoms with E-state index < -0.39 is 20.9 Å². The van der Waals surface area contributed by atoms with E-state index in [1.807, 2.05) is 32.6 Å². The Balaban J connectivity index is 1.41. The van der Waals surface area contributed by atoms with Crippen molar-refractivity contribution in [2.24, 2.45) is 16.7 Å². The summed E-state index contributed by atoms with van der Waals surface area (Å²) in [4.78, 5) is 41.7. The van der Waals surface area contributed by atoms with Crippen molar-refractivity contribution in [1.29, 1.82) is 0 Å². The second kappa shape index (κ2) is 11.0. The van der Waals surface area contributed by atoms with Crippen LogP contribution in [0.1, 0.15) is 63.7 Å². The standard InChI is InChI=1S/C29H42N4O5S/c1-6-24(34)30-27-28(2,3)19-33(20-29(27,4)5)39(37,38)23-11-9-21(10-12-23)25(35)32-17-13-22(14-18-32)26(36)31-15-7-8-16-31/h6,9-12,22,27H,1,7-8,13-20H2,2-5H3,(H,30,34). The Kier molecular flexibility index (Phi) is 8.28. The van der Waals surface area contributed by atoms with Crippen molar-refractivity contribution in [1.82, 2.24) is 19.4 Å². The van der Waals surface area contributed by atoms with Gasteiger partial charge < -0.3 is 15.1 Å². The third-order valence-electron chi connectivity index (χ3n) is 8.49. The van der Waals surface area contributed by atoms with Crippen LogP contribution in [0.5, 0.6) is 0 Å². The lowest BCUT2D eigenvalue weighted by Crippen LogP contribution is -2.64. The van der Waals surface area contributed by atoms with E-state index >= 15 is 0 Å². The van der Waals surface area contributed by atoms with Crippen LogP contribution in [-0.4, -0.2) is 85.6 Å². The van der Waals surface area contributed by atoms with Crippen molar-refractivity contribution in [3.63, 3.8) is 0 Å². The highest BCUT2D eigenvalue weighted by atomic mass is 32.2. The van der Waals surface area contributed by atoms with Crippen LogP contribution in [0.15, 0.2) is 41.8 Å². The Bertz CT molecular complexity index is 1190. The smallest absolute Gasteiger partial charge is 0.253 e. The van der Waals surface area contributed by atoms with Crippen molar-refractivity contribution in [2.75, 3.05) is 39.3 Å². The molecule has 3 aliphatic heterocycles. The second-order valence-electron chi connectivity index (χ2n) is 12.5. The maximum Gasteiger partial charge on any atom is 0.253 e. The van der Waals surface area contributed by atoms with Gasteiger partial charge in [0.25, 0.3) is 5.91 Å². The molecule has 3 fully saturated rings. The lowest BCUT2D eigenvalue weighted by molar-refractivity contribution is -0.135. The number of carbonyl (C=O) groups is 3. The largest absolute Gasteiger partial charge is 0.349 e. The Hall–Kier alpha value is -2.72. The van der Waals surface area contributed by atoms with Crippen molar-refractivity contribution in [3.05, 3.63) is 42.5 Å². The molecule has 0 spiro atoms. The topological polar surface area (TPSA) is 107 Å². The molecule has 1 aromatic rings. The molecule has 3 heterocycles. The Morgan fingerprint density at radius 1 is 0.897 bits per heavy atom. The van der Waals surface area contributed by atoms with Crippen LogP contribution in [0, 0.1) is 16.7 Å². The van der Waals surface area contributed by atoms with E-state index in [0.717, 1.165) is 25.9 Å². The zero-order valence-electron chi connectivity index (χ0n) is 23.6. The number of nitrogens with zero attached hydrogens (tertiary/aromatic N) is 3. The van der Waals surface area contributed by atoms with Gasteiger partial charge in [0.2, 0.25) is 21.8 Å². The van der Waals surface area contributed by atoms with E-state index in [-0.39, 0.29) is 47.7 Å². The second-order valence-corrected chi connectivity index (χ2v) is 14.5. The number of sulfonamides is 1. The van der Waals surface area contributed by atoms with Gasteiger partial charge in [-0.25, -0.2) is 8.42 Å². The van der Waals surface area contributed by atoms with E-state index in [2.05, 4.69) is 11.9 Å². The average Bonchev–Trinajstić information content (AvgIpc) is 3.44. The van der Waals surface area contributed by atoms with Gasteiger partial charge in [-0.15, -0.1) is 0 Å². The number of hydrogen-bond donors (Lipinski definition) is 1. The summed E-state index contributed by atoms with van der Waals surface area (Å²) >= 11 is 0. The minimum absolute atomic E-state index is 0.0256. The van der Waals surface area contributed by atoms with Crippen molar-refractivity contribution in [3.8, 4) is 0 Å². The van der Waals surface area contributed by atoms with Crippen LogP contribution in [-0.2, 0) is 19.6 Å². The maximum atomic E-state index is 13.6. The number of carbonyl (C=O) groups excluding carboxylic acids is 3. The molecular formula is C29H42N4O5S. The molecule has 1 N–H and O–H groups in total. The molecule has 0 atom stereocenters. The summed E-state index contributed by atoms with van der Waals surface area (Å²) in [6.45, 7) is 14.5. The SMILES string of the molecule is C=CC(=O)NC1C(C)(C)CN(S(=O)(=O)c2ccc(C(=O)N3CCC(C(=O)N4CCCC4)CC3)cc2)CC1(C)C. The Morgan fingerprint density at radius 3 is 1.95 bits per heavy atom. The zero-order chi connectivity index (χ0) is 28.6. The highest BCUT2D eigenvalue weighted by molar-refractivity contribution is 7.89. The van der Waals surface area contributed by atoms with Crippen molar-refractivity contribution < 1.29 is 22.8 Å². The van der Waals surface area contributed by atoms with Crippen LogP contribution in [0.4, 0.5) is 0 Å². The van der Waals surface area contributed by atoms with E-state index in [9.17, 15) is 22.8 Å². The first kappa shape index (κ1) is 29.3. The van der Waals surface area contributed by atoms with Crippen LogP contribution < -0.4 is 5.32 Å². The summed E-state index contributed by atoms with van der Waals surface area (Å²) in [5.41, 5.74) is -0.609. The predicted octanol–water partition coefficient (Wildman–Crippen LogP) is 2.89. The number of likely N-dealkylation sites (tertiary alicyclic amines) is 2. The molecule has 3 aliphatic rings. The zero-order valence-corrected chi connectivity index (χ0v) is 24.4. The first-order valence-electron chi connectivity index (χ1n) is 13.9. The molecular weight excluding hydrogens is 516 g/mol. The molecule has 9 nitrogen and oxygen atoms in total. The van der Waals surface area contributed by atoms with Gasteiger partial charge in [0.1, 0.15) is 0 Å². The Morgan fingerprint density at radius 2 is 1.44 bits per heavy atom. The summed E-state index contributed by atoms with van der Waals surface area (Å²) in [5.74, 6) is -0.234. The van der Waals surface area contributed by atoms with Gasteiger partial charge in [0, 0.05) is 56.8 Å². The summed E-state index contributed by atoms with van der Waals surface area (Å²) in [7, 11) is -3.82. The Labute approximate surface area is 232 Å². The van der Waals surface area contributed by atoms with E-state index in [1.165, 1.54) is 22.5 Å². The van der Waals surface area contributed by atoms with E-state index in [0.29, 0.717) is 31.5 Å². The number of nitrogens with one attached hydrogen (secondary N) is 1. The first-order valence-corrected chi connectivity index (χ1v) is 15.3. The number of amides is 3. The van der Waals surface area contributed by atoms with Gasteiger partial charge in [0.05, 0.1) is 4.90 Å². The highest BCUT2D eigenvalue weighted by Crippen LogP contribution is 2.42. The van der Waals surface area contributed by atoms with Crippen molar-refractivity contribution >= 4 is 27.7 Å². The van der Waals surface area contributed by atoms with Crippen LogP contribution in [0.25, 0.3) is 0 Å². The number of rotatable bonds is 6. The minimum atomic E-state index is -3.82. The van der Waals surface area contributed by atoms with E-state index in [1.54, 1.807) is 17.0 Å². The van der Waals surface area contributed by atoms with Crippen LogP contribution in [0.3, 0.4) is 0 Å². The fourth-order valence-corrected chi connectivity index (χ4v) is 8.38. The first-order chi connectivity index (χ1) is 18.3. The summed E-state index contributed by atoms with van der Waals surface area (Å²) in [6, 6.07) is 5.90. The highest BCUT2D eigenvalue weighted by Gasteiger charge is 2.50. The third-order valence-corrected chi connectivity index (χ3v) is 10.3. The molecule has 3 amide bonds. The van der Waals surface area contributed by atoms with Gasteiger partial charge in [-0.1, -0.05) is 34.3 Å². The molecule has 39 heavy (non-hydrogen) atoms. The van der Waals surface area contributed by atoms with Crippen LogP contribution >= 0.6 is 0 Å². The molecule has 0 unspecified atom stereocenters. The van der Waals surface area contributed by atoms with Gasteiger partial charge in [-0.05, 0) is 66.9 Å². The minimum Gasteiger partial charge on any atom is -0.349 e. The van der Waals surface area contributed by atoms with Crippen molar-refractivity contribution in [2.45, 2.75) is 64.3 Å². The number of benzene rings is 1. The molecule has 0 aromatic heterocycles. The quantitative estimate of drug-likeness (QED) is 0.541. The molecule has 0 aliphatic carbocycles. The van der Waals surface area contributed by atoms with Gasteiger partial charge in [-0.3, -0.25) is 14.4 Å². The molecule has 3 saturated heterocycles.